The fourth-order valence-electron chi connectivity index (χ4n) is 14.6. The van der Waals surface area contributed by atoms with E-state index in [4.69, 9.17) is 89.4 Å². The van der Waals surface area contributed by atoms with Crippen LogP contribution in [0.15, 0.2) is 315 Å². The summed E-state index contributed by atoms with van der Waals surface area (Å²) in [5, 5.41) is 2.21. The second kappa shape index (κ2) is 49.9. The van der Waals surface area contributed by atoms with E-state index in [1.807, 2.05) is 285 Å². The van der Waals surface area contributed by atoms with E-state index in [1.54, 1.807) is 0 Å². The van der Waals surface area contributed by atoms with Crippen molar-refractivity contribution in [3.05, 3.63) is 371 Å². The average Bonchev–Trinajstić information content (AvgIpc) is 1.65. The number of ether oxygens (including phenoxy) is 16. The van der Waals surface area contributed by atoms with Crippen molar-refractivity contribution < 1.29 is 104 Å². The van der Waals surface area contributed by atoms with Gasteiger partial charge in [0, 0.05) is 20.6 Å². The molecule has 2 saturated heterocycles. The first-order valence-electron chi connectivity index (χ1n) is 42.1. The normalized spacial score (nSPS) is 19.6. The number of carbonyl (C=O) groups is 2. The third-order valence-corrected chi connectivity index (χ3v) is 22.6. The topological polar surface area (TPSA) is 227 Å². The summed E-state index contributed by atoms with van der Waals surface area (Å²) in [6, 6.07) is 101. The van der Waals surface area contributed by atoms with Crippen molar-refractivity contribution in [3.63, 3.8) is 0 Å². The van der Waals surface area contributed by atoms with E-state index in [2.05, 4.69) is 30.3 Å². The van der Waals surface area contributed by atoms with Gasteiger partial charge in [-0.25, -0.2) is 4.57 Å². The van der Waals surface area contributed by atoms with Gasteiger partial charge >= 0.3 is 13.8 Å². The Morgan fingerprint density at radius 2 is 0.653 bits per heavy atom. The smallest absolute Gasteiger partial charge is 0.456 e. The predicted molar refractivity (Wildman–Crippen MR) is 466 cm³/mol. The lowest BCUT2D eigenvalue weighted by atomic mass is 10.1. The maximum absolute atomic E-state index is 16.8. The monoisotopic (exact) mass is 1710 g/mol. The highest BCUT2D eigenvalue weighted by atomic mass is 31.2. The van der Waals surface area contributed by atoms with Gasteiger partial charge in [0.05, 0.1) is 112 Å². The van der Waals surface area contributed by atoms with Crippen LogP contribution in [0, 0.1) is 0 Å². The lowest BCUT2D eigenvalue weighted by Gasteiger charge is -2.35. The van der Waals surface area contributed by atoms with Crippen LogP contribution < -0.4 is 0 Å². The van der Waals surface area contributed by atoms with Gasteiger partial charge in [-0.3, -0.25) is 18.4 Å². The van der Waals surface area contributed by atoms with Crippen molar-refractivity contribution >= 4 is 30.3 Å². The zero-order valence-electron chi connectivity index (χ0n) is 70.3. The minimum atomic E-state index is -5.00. The number of Topliss-reactive ketones (excluding diaryl/α,β-unsaturated/α-hetero) is 1. The molecule has 124 heavy (non-hydrogen) atoms. The van der Waals surface area contributed by atoms with Crippen molar-refractivity contribution in [2.45, 2.75) is 172 Å². The molecule has 2 fully saturated rings. The second-order valence-corrected chi connectivity index (χ2v) is 32.1. The number of ketones is 1. The molecule has 0 radical (unpaired) electrons. The minimum Gasteiger partial charge on any atom is -0.456 e. The summed E-state index contributed by atoms with van der Waals surface area (Å²) in [7, 11) is -2.03. The summed E-state index contributed by atoms with van der Waals surface area (Å²) in [4.78, 5) is 25.8. The Morgan fingerprint density at radius 1 is 0.323 bits per heavy atom. The van der Waals surface area contributed by atoms with E-state index < -0.39 is 106 Å². The molecule has 11 unspecified atom stereocenters. The first-order valence-corrected chi connectivity index (χ1v) is 43.5. The molecule has 0 amide bonds. The molecule has 11 aromatic rings. The highest BCUT2D eigenvalue weighted by molar-refractivity contribution is 7.48. The number of hydrogen-bond acceptors (Lipinski definition) is 22. The van der Waals surface area contributed by atoms with Crippen molar-refractivity contribution in [1.82, 2.24) is 0 Å². The van der Waals surface area contributed by atoms with E-state index in [0.717, 1.165) is 60.8 Å². The van der Waals surface area contributed by atoms with Crippen LogP contribution in [-0.2, 0) is 170 Å². The van der Waals surface area contributed by atoms with Gasteiger partial charge in [-0.15, -0.1) is 0 Å². The number of phosphoric acid groups is 1. The van der Waals surface area contributed by atoms with Crippen LogP contribution in [-0.4, -0.2) is 151 Å². The van der Waals surface area contributed by atoms with Crippen molar-refractivity contribution in [2.24, 2.45) is 0 Å². The standard InChI is InChI=1S/C101H111O22P/c1-74(102)53-56-93(103)122-96-91(69-107-58-75-33-13-4-14-34-75)120-100(98(96)105-2)116-72-89(112-63-79-41-21-8-22-42-79)95(115-66-82-47-27-11-28-48-82)90(113-64-80-43-23-9-24-44-80)73-119-124(104,118-67-83-49-29-12-30-50-83)123-97-92(70-108-59-76-35-15-5-16-36-76)121-101(99(97)106-3)117-71-88(111-62-78-39-19-7-20-40-78)94(114-65-81-45-25-10-26-46-81)87(110-61-77-37-17-6-18-38-77)68-109-60-84-54-55-85-51-31-32-52-86(85)57-84/h4-52,54-55,57,87-92,94-101H,53,56,58-73H2,1-3H3/t87?,88?,89?,90?,91-,92-,94?,95?,96?,97?,98?,99?,100-,101-,124?/m1/s1. The van der Waals surface area contributed by atoms with Crippen molar-refractivity contribution in [2.75, 3.05) is 53.9 Å². The largest absolute Gasteiger partial charge is 0.475 e. The predicted octanol–water partition coefficient (Wildman–Crippen LogP) is 17.8. The van der Waals surface area contributed by atoms with Crippen LogP contribution in [0.25, 0.3) is 10.8 Å². The third kappa shape index (κ3) is 29.2. The molecule has 2 aliphatic heterocycles. The fraction of sp³-hybridized carbons (Fsp3) is 0.347. The molecule has 22 nitrogen and oxygen atoms in total. The molecule has 13 rings (SSSR count). The van der Waals surface area contributed by atoms with Crippen LogP contribution >= 0.6 is 7.82 Å². The van der Waals surface area contributed by atoms with Gasteiger partial charge in [0.25, 0.3) is 0 Å². The van der Waals surface area contributed by atoms with E-state index >= 15 is 4.57 Å². The molecular weight excluding hydrogens is 1600 g/mol. The number of hydrogen-bond donors (Lipinski definition) is 0. The molecule has 0 N–H and O–H groups in total. The molecular formula is C101H111O22P. The molecule has 2 aliphatic rings. The van der Waals surface area contributed by atoms with Crippen LogP contribution in [0.4, 0.5) is 0 Å². The molecule has 0 spiro atoms. The summed E-state index contributed by atoms with van der Waals surface area (Å²) >= 11 is 0. The average molecular weight is 1710 g/mol. The first kappa shape index (κ1) is 92.0. The number of methoxy groups -OCH3 is 2. The highest BCUT2D eigenvalue weighted by Gasteiger charge is 2.53. The molecule has 11 aromatic carbocycles. The van der Waals surface area contributed by atoms with Crippen molar-refractivity contribution in [1.29, 1.82) is 0 Å². The number of benzene rings is 11. The van der Waals surface area contributed by atoms with E-state index in [9.17, 15) is 9.59 Å². The number of phosphoric ester groups is 1. The first-order chi connectivity index (χ1) is 61.0. The summed E-state index contributed by atoms with van der Waals surface area (Å²) < 4.78 is 146. The fourth-order valence-corrected chi connectivity index (χ4v) is 15.9. The number of fused-ring (bicyclic) bond motifs is 1. The van der Waals surface area contributed by atoms with Crippen LogP contribution in [0.3, 0.4) is 0 Å². The Kier molecular flexibility index (Phi) is 37.0. The summed E-state index contributed by atoms with van der Waals surface area (Å²) in [5.41, 5.74) is 8.57. The van der Waals surface area contributed by atoms with Gasteiger partial charge in [0.15, 0.2) is 18.7 Å². The maximum atomic E-state index is 16.8. The van der Waals surface area contributed by atoms with Crippen LogP contribution in [0.1, 0.15) is 75.4 Å². The summed E-state index contributed by atoms with van der Waals surface area (Å²) in [6.45, 7) is 1.33. The lowest BCUT2D eigenvalue weighted by Crippen LogP contribution is -2.48. The quantitative estimate of drug-likeness (QED) is 0.0255. The van der Waals surface area contributed by atoms with Gasteiger partial charge in [-0.05, 0) is 79.4 Å². The Morgan fingerprint density at radius 3 is 1.05 bits per heavy atom. The molecule has 15 atom stereocenters. The number of rotatable bonds is 54. The second-order valence-electron chi connectivity index (χ2n) is 30.4. The Bertz CT molecular complexity index is 4890. The summed E-state index contributed by atoms with van der Waals surface area (Å²) in [5.74, 6) is -0.799. The van der Waals surface area contributed by atoms with Gasteiger partial charge in [0.2, 0.25) is 0 Å². The Balaban J connectivity index is 0.835. The molecule has 2 heterocycles. The molecule has 0 aromatic heterocycles. The molecule has 0 bridgehead atoms. The van der Waals surface area contributed by atoms with E-state index in [1.165, 1.54) is 21.1 Å². The maximum Gasteiger partial charge on any atom is 0.475 e. The van der Waals surface area contributed by atoms with Gasteiger partial charge in [-0.1, -0.05) is 309 Å². The number of carbonyl (C=O) groups excluding carboxylic acids is 2. The molecule has 0 aliphatic carbocycles. The van der Waals surface area contributed by atoms with E-state index in [0.29, 0.717) is 5.56 Å². The zero-order valence-corrected chi connectivity index (χ0v) is 71.2. The molecule has 0 saturated carbocycles. The van der Waals surface area contributed by atoms with Crippen LogP contribution in [0.5, 0.6) is 0 Å². The van der Waals surface area contributed by atoms with Gasteiger partial charge in [0.1, 0.15) is 72.9 Å². The molecule has 23 heteroatoms. The Labute approximate surface area is 726 Å². The van der Waals surface area contributed by atoms with Gasteiger partial charge in [-0.2, -0.15) is 0 Å². The zero-order chi connectivity index (χ0) is 85.6. The third-order valence-electron chi connectivity index (χ3n) is 21.2. The van der Waals surface area contributed by atoms with E-state index in [-0.39, 0.29) is 118 Å². The lowest BCUT2D eigenvalue weighted by molar-refractivity contribution is -0.221. The number of esters is 1. The SMILES string of the molecule is COC1C(OC(=O)CCC(C)=O)[C@@H](COCc2ccccc2)O[C@H]1OCC(OCc1ccccc1)C(OCc1ccccc1)C(COP(=O)(OCc1ccccc1)OC1C(OC)[C@H](OCC(OCc2ccccc2)C(OCc2ccccc2)C(COCc2ccc3ccccc3c2)OCc2ccccc2)O[C@@H]1COCc1ccccc1)OCc1ccccc1. The minimum absolute atomic E-state index is 0.00427. The summed E-state index contributed by atoms with van der Waals surface area (Å²) in [6.07, 6.45) is -15.3. The van der Waals surface area contributed by atoms with Crippen LogP contribution in [0.2, 0.25) is 0 Å². The molecule has 652 valence electrons. The van der Waals surface area contributed by atoms with Crippen molar-refractivity contribution in [3.8, 4) is 0 Å². The van der Waals surface area contributed by atoms with Gasteiger partial charge < -0.3 is 80.6 Å². The Hall–Kier alpha value is -9.67. The highest BCUT2D eigenvalue weighted by Crippen LogP contribution is 2.54.